The van der Waals surface area contributed by atoms with E-state index in [-0.39, 0.29) is 34.9 Å². The maximum atomic E-state index is 13.9. The standard InChI is InChI=1S/C27H24N3O8/c1-3-38-27(34)16-12-13-28-19(14-16)21-22(23(28)24(31)15-8-10-17(11-9-15)30(35)36)26(33)29(25(21)32)18-6-4-5-7-20(18)37-2/h4-14,19,21-23H,3H2,1-2H3,(H-,31,35,36)/q-1. The molecule has 0 aromatic heterocycles. The summed E-state index contributed by atoms with van der Waals surface area (Å²) in [6, 6.07) is 4.93. The summed E-state index contributed by atoms with van der Waals surface area (Å²) >= 11 is 0. The molecule has 3 heterocycles. The minimum atomic E-state index is -1.00. The van der Waals surface area contributed by atoms with Crippen molar-refractivity contribution in [2.45, 2.75) is 19.0 Å². The first kappa shape index (κ1) is 24.9. The van der Waals surface area contributed by atoms with Gasteiger partial charge in [-0.2, -0.15) is 4.90 Å². The van der Waals surface area contributed by atoms with E-state index in [0.29, 0.717) is 5.75 Å². The van der Waals surface area contributed by atoms with Crippen molar-refractivity contribution in [3.05, 3.63) is 94.2 Å². The fourth-order valence-electron chi connectivity index (χ4n) is 5.39. The number of anilines is 1. The van der Waals surface area contributed by atoms with Gasteiger partial charge in [0.1, 0.15) is 11.5 Å². The van der Waals surface area contributed by atoms with Crippen LogP contribution in [-0.2, 0) is 19.1 Å². The lowest BCUT2D eigenvalue weighted by molar-refractivity contribution is -0.377. The SMILES string of the molecule is CCOC(=O)C1=CC2C3C(=O)N(c4ccccc4OC)C(=O)C3C(C(O)=C3C=CC(=[N+]([O-])[O-])C=C3)N2C=C1. The van der Waals surface area contributed by atoms with Gasteiger partial charge in [-0.05, 0) is 43.4 Å². The Hall–Kier alpha value is -4.80. The maximum Gasteiger partial charge on any atom is 0.337 e. The van der Waals surface area contributed by atoms with Crippen molar-refractivity contribution in [3.8, 4) is 5.75 Å². The number of carbonyl (C=O) groups excluding carboxylic acids is 3. The van der Waals surface area contributed by atoms with Gasteiger partial charge < -0.3 is 29.9 Å². The molecule has 0 radical (unpaired) electrons. The monoisotopic (exact) mass is 518 g/mol. The molecule has 4 unspecified atom stereocenters. The number of ether oxygens (including phenoxy) is 2. The lowest BCUT2D eigenvalue weighted by Gasteiger charge is -2.33. The molecule has 5 rings (SSSR count). The molecule has 2 amide bonds. The molecule has 11 nitrogen and oxygen atoms in total. The Bertz CT molecular complexity index is 1380. The molecular weight excluding hydrogens is 494 g/mol. The largest absolute Gasteiger partial charge is 0.612 e. The zero-order valence-electron chi connectivity index (χ0n) is 20.5. The number of esters is 1. The van der Waals surface area contributed by atoms with Gasteiger partial charge in [-0.25, -0.2) is 9.69 Å². The first-order chi connectivity index (χ1) is 18.3. The molecule has 11 heteroatoms. The van der Waals surface area contributed by atoms with E-state index in [2.05, 4.69) is 0 Å². The van der Waals surface area contributed by atoms with Crippen LogP contribution in [0.5, 0.6) is 5.75 Å². The van der Waals surface area contributed by atoms with Crippen molar-refractivity contribution in [1.29, 1.82) is 0 Å². The average Bonchev–Trinajstić information content (AvgIpc) is 3.39. The summed E-state index contributed by atoms with van der Waals surface area (Å²) in [7, 11) is 1.43. The van der Waals surface area contributed by atoms with Crippen LogP contribution in [0.15, 0.2) is 83.8 Å². The molecule has 0 bridgehead atoms. The number of rotatable bonds is 5. The van der Waals surface area contributed by atoms with Crippen molar-refractivity contribution in [3.63, 3.8) is 0 Å². The number of allylic oxidation sites excluding steroid dienone is 5. The summed E-state index contributed by atoms with van der Waals surface area (Å²) < 4.78 is 10.5. The number of aliphatic hydroxyl groups is 1. The molecule has 1 aliphatic carbocycles. The van der Waals surface area contributed by atoms with Gasteiger partial charge in [0, 0.05) is 23.9 Å². The molecule has 196 valence electrons. The molecule has 2 saturated heterocycles. The Balaban J connectivity index is 1.61. The second kappa shape index (κ2) is 9.58. The Morgan fingerprint density at radius 1 is 1.05 bits per heavy atom. The zero-order valence-corrected chi connectivity index (χ0v) is 20.5. The molecule has 3 aliphatic heterocycles. The van der Waals surface area contributed by atoms with Crippen molar-refractivity contribution >= 4 is 29.2 Å². The molecular formula is C27H24N3O8-. The topological polar surface area (TPSA) is 146 Å². The molecule has 0 saturated carbocycles. The van der Waals surface area contributed by atoms with Gasteiger partial charge in [-0.15, -0.1) is 0 Å². The summed E-state index contributed by atoms with van der Waals surface area (Å²) in [5.41, 5.74) is 0.626. The lowest BCUT2D eigenvalue weighted by atomic mass is 9.87. The van der Waals surface area contributed by atoms with E-state index in [4.69, 9.17) is 9.47 Å². The molecule has 0 spiro atoms. The first-order valence-corrected chi connectivity index (χ1v) is 11.9. The Kier molecular flexibility index (Phi) is 6.27. The highest BCUT2D eigenvalue weighted by Crippen LogP contribution is 2.49. The number of fused-ring (bicyclic) bond motifs is 3. The highest BCUT2D eigenvalue weighted by atomic mass is 16.8. The third-order valence-corrected chi connectivity index (χ3v) is 7.04. The third kappa shape index (κ3) is 3.83. The lowest BCUT2D eigenvalue weighted by Crippen LogP contribution is -2.44. The van der Waals surface area contributed by atoms with E-state index in [1.54, 1.807) is 48.4 Å². The van der Waals surface area contributed by atoms with Gasteiger partial charge in [0.25, 0.3) is 0 Å². The predicted molar refractivity (Wildman–Crippen MR) is 136 cm³/mol. The van der Waals surface area contributed by atoms with Gasteiger partial charge in [-0.3, -0.25) is 9.59 Å². The number of benzene rings is 1. The highest BCUT2D eigenvalue weighted by Gasteiger charge is 2.63. The average molecular weight is 519 g/mol. The van der Waals surface area contributed by atoms with E-state index < -0.39 is 46.6 Å². The van der Waals surface area contributed by atoms with Crippen LogP contribution < -0.4 is 9.64 Å². The minimum Gasteiger partial charge on any atom is -0.612 e. The number of carbonyl (C=O) groups is 3. The Morgan fingerprint density at radius 2 is 1.74 bits per heavy atom. The van der Waals surface area contributed by atoms with Gasteiger partial charge in [0.2, 0.25) is 17.5 Å². The molecule has 4 atom stereocenters. The number of para-hydroxylation sites is 2. The van der Waals surface area contributed by atoms with Gasteiger partial charge >= 0.3 is 5.97 Å². The Morgan fingerprint density at radius 3 is 2.39 bits per heavy atom. The highest BCUT2D eigenvalue weighted by molar-refractivity contribution is 6.23. The van der Waals surface area contributed by atoms with E-state index >= 15 is 0 Å². The number of hydrogen-bond donors (Lipinski definition) is 1. The van der Waals surface area contributed by atoms with Crippen molar-refractivity contribution in [2.75, 3.05) is 18.6 Å². The molecule has 1 aromatic rings. The summed E-state index contributed by atoms with van der Waals surface area (Å²) in [6.45, 7) is 1.85. The number of hydrogen-bond acceptors (Lipinski definition) is 9. The molecule has 1 N–H and O–H groups in total. The van der Waals surface area contributed by atoms with Crippen LogP contribution in [0.3, 0.4) is 0 Å². The minimum absolute atomic E-state index is 0.155. The number of amides is 2. The fraction of sp³-hybridized carbons (Fsp3) is 0.259. The van der Waals surface area contributed by atoms with Crippen molar-refractivity contribution < 1.29 is 33.9 Å². The molecule has 2 fully saturated rings. The molecule has 4 aliphatic rings. The van der Waals surface area contributed by atoms with Gasteiger partial charge in [0.05, 0.1) is 48.9 Å². The number of imide groups is 1. The van der Waals surface area contributed by atoms with Crippen LogP contribution in [0.4, 0.5) is 5.69 Å². The smallest absolute Gasteiger partial charge is 0.337 e. The Labute approximate surface area is 217 Å². The quantitative estimate of drug-likeness (QED) is 0.204. The first-order valence-electron chi connectivity index (χ1n) is 11.9. The van der Waals surface area contributed by atoms with E-state index in [9.17, 15) is 29.9 Å². The van der Waals surface area contributed by atoms with E-state index in [0.717, 1.165) is 4.90 Å². The zero-order chi connectivity index (χ0) is 27.1. The number of methoxy groups -OCH3 is 1. The van der Waals surface area contributed by atoms with Crippen LogP contribution in [0.25, 0.3) is 0 Å². The number of aliphatic hydroxyl groups excluding tert-OH is 1. The second-order valence-electron chi connectivity index (χ2n) is 8.97. The van der Waals surface area contributed by atoms with Crippen molar-refractivity contribution in [2.24, 2.45) is 11.8 Å². The van der Waals surface area contributed by atoms with Crippen LogP contribution in [-0.4, -0.2) is 64.2 Å². The van der Waals surface area contributed by atoms with E-state index in [1.165, 1.54) is 37.5 Å². The third-order valence-electron chi connectivity index (χ3n) is 7.04. The van der Waals surface area contributed by atoms with E-state index in [1.807, 2.05) is 0 Å². The molecule has 38 heavy (non-hydrogen) atoms. The van der Waals surface area contributed by atoms with Crippen molar-refractivity contribution in [1.82, 2.24) is 4.90 Å². The predicted octanol–water partition coefficient (Wildman–Crippen LogP) is 2.26. The summed E-state index contributed by atoms with van der Waals surface area (Å²) in [6.07, 6.45) is 9.95. The van der Waals surface area contributed by atoms with Crippen LogP contribution in [0, 0.1) is 22.3 Å². The maximum absolute atomic E-state index is 13.9. The second-order valence-corrected chi connectivity index (χ2v) is 8.97. The van der Waals surface area contributed by atoms with Gasteiger partial charge in [-0.1, -0.05) is 12.1 Å². The normalized spacial score (nSPS) is 25.4. The summed E-state index contributed by atoms with van der Waals surface area (Å²) in [4.78, 5) is 42.4. The van der Waals surface area contributed by atoms with Crippen LogP contribution >= 0.6 is 0 Å². The molecule has 1 aromatic carbocycles. The van der Waals surface area contributed by atoms with Gasteiger partial charge in [0.15, 0.2) is 0 Å². The summed E-state index contributed by atoms with van der Waals surface area (Å²) in [5.74, 6) is -3.41. The van der Waals surface area contributed by atoms with Crippen LogP contribution in [0.2, 0.25) is 0 Å². The fourth-order valence-corrected chi connectivity index (χ4v) is 5.39. The summed E-state index contributed by atoms with van der Waals surface area (Å²) in [5, 5.41) is 33.6. The van der Waals surface area contributed by atoms with Crippen LogP contribution in [0.1, 0.15) is 6.92 Å². The number of nitrogens with zero attached hydrogens (tertiary/aromatic N) is 3.